The average Bonchev–Trinajstić information content (AvgIpc) is 3.96. The van der Waals surface area contributed by atoms with E-state index in [1.807, 2.05) is 0 Å². The molecule has 20 heteroatoms. The number of benzene rings is 4. The van der Waals surface area contributed by atoms with E-state index in [0.29, 0.717) is 25.7 Å². The van der Waals surface area contributed by atoms with Crippen molar-refractivity contribution >= 4 is 48.1 Å². The Morgan fingerprint density at radius 3 is 1.01 bits per heavy atom. The Morgan fingerprint density at radius 2 is 0.700 bits per heavy atom. The zero-order chi connectivity index (χ0) is 49.8. The highest BCUT2D eigenvalue weighted by molar-refractivity contribution is 5.93. The number of rotatable bonds is 22. The van der Waals surface area contributed by atoms with Crippen LogP contribution in [-0.2, 0) is 47.5 Å². The lowest BCUT2D eigenvalue weighted by Crippen LogP contribution is -2.36. The lowest BCUT2D eigenvalue weighted by Gasteiger charge is -2.17. The van der Waals surface area contributed by atoms with Gasteiger partial charge in [0.1, 0.15) is 35.2 Å². The quantitative estimate of drug-likeness (QED) is 0.0198. The molecule has 0 spiro atoms. The largest absolute Gasteiger partial charge is 0.513 e. The van der Waals surface area contributed by atoms with Gasteiger partial charge in [0, 0.05) is 12.2 Å². The Balaban J connectivity index is 0.876. The van der Waals surface area contributed by atoms with Crippen molar-refractivity contribution in [2.75, 3.05) is 39.6 Å². The standard InChI is InChI=1S/C50H46O20/c1-3-41(51)59-25-5-7-27-61-49(57)67-37-21-13-31(14-22-37)45(53)65-35-17-9-33(10-18-35)47(55)69-39-29-63-44-40(30-64-43(39)44)70-48(56)34-11-19-36(20-12-34)66-46(54)32-15-23-38(24-16-32)68-50(58)62-28-8-6-26-60-42(52)4-2/h3-4,9-24,39-40,43-44H,1-2,5-8,25-30H2/t39-,40-,43-,44-/m1/s1. The second-order valence-electron chi connectivity index (χ2n) is 14.9. The molecule has 0 saturated carbocycles. The summed E-state index contributed by atoms with van der Waals surface area (Å²) in [5.41, 5.74) is 0.613. The molecule has 2 fully saturated rings. The van der Waals surface area contributed by atoms with E-state index in [1.54, 1.807) is 0 Å². The minimum absolute atomic E-state index is 0.0198. The summed E-state index contributed by atoms with van der Waals surface area (Å²) >= 11 is 0. The first-order valence-electron chi connectivity index (χ1n) is 21.7. The van der Waals surface area contributed by atoms with Gasteiger partial charge in [-0.05, 0) is 123 Å². The van der Waals surface area contributed by atoms with Crippen LogP contribution in [0.15, 0.2) is 122 Å². The highest BCUT2D eigenvalue weighted by Crippen LogP contribution is 2.32. The maximum atomic E-state index is 13.1. The van der Waals surface area contributed by atoms with E-state index in [1.165, 1.54) is 97.1 Å². The number of fused-ring (bicyclic) bond motifs is 1. The Kier molecular flexibility index (Phi) is 18.7. The summed E-state index contributed by atoms with van der Waals surface area (Å²) < 4.78 is 63.7. The van der Waals surface area contributed by atoms with Crippen LogP contribution in [0.5, 0.6) is 23.0 Å². The number of hydrogen-bond acceptors (Lipinski definition) is 20. The maximum Gasteiger partial charge on any atom is 0.513 e. The SMILES string of the molecule is C=CC(=O)OCCCCOC(=O)Oc1ccc(C(=O)Oc2ccc(C(=O)O[C@@H]3CO[C@H]4[C@@H]3OC[C@H]4OC(=O)c3ccc(OC(=O)c4ccc(OC(=O)OCCCCOC(=O)C=C)cc4)cc3)cc2)cc1. The predicted octanol–water partition coefficient (Wildman–Crippen LogP) is 6.72. The van der Waals surface area contributed by atoms with Gasteiger partial charge in [0.05, 0.1) is 61.9 Å². The molecule has 4 atom stereocenters. The third-order valence-corrected chi connectivity index (χ3v) is 10.0. The van der Waals surface area contributed by atoms with Crippen LogP contribution in [0.3, 0.4) is 0 Å². The first kappa shape index (κ1) is 51.0. The van der Waals surface area contributed by atoms with Crippen LogP contribution in [0.25, 0.3) is 0 Å². The van der Waals surface area contributed by atoms with Crippen LogP contribution in [-0.4, -0.2) is 112 Å². The molecule has 6 rings (SSSR count). The van der Waals surface area contributed by atoms with Gasteiger partial charge >= 0.3 is 48.1 Å². The maximum absolute atomic E-state index is 13.1. The van der Waals surface area contributed by atoms with Gasteiger partial charge in [-0.15, -0.1) is 0 Å². The molecule has 0 N–H and O–H groups in total. The van der Waals surface area contributed by atoms with Crippen LogP contribution in [0.1, 0.15) is 67.1 Å². The lowest BCUT2D eigenvalue weighted by molar-refractivity contribution is -0.138. The molecule has 2 saturated heterocycles. The summed E-state index contributed by atoms with van der Waals surface area (Å²) in [6.45, 7) is 6.98. The molecule has 2 heterocycles. The van der Waals surface area contributed by atoms with Crippen molar-refractivity contribution in [3.05, 3.63) is 145 Å². The number of carbonyl (C=O) groups excluding carboxylic acids is 8. The van der Waals surface area contributed by atoms with Crippen molar-refractivity contribution in [2.45, 2.75) is 50.1 Å². The molecule has 0 aliphatic carbocycles. The van der Waals surface area contributed by atoms with Gasteiger partial charge in [0.15, 0.2) is 12.2 Å². The Labute approximate surface area is 399 Å². The van der Waals surface area contributed by atoms with E-state index in [2.05, 4.69) is 13.2 Å². The zero-order valence-electron chi connectivity index (χ0n) is 37.4. The number of hydrogen-bond donors (Lipinski definition) is 0. The van der Waals surface area contributed by atoms with Gasteiger partial charge in [-0.1, -0.05) is 13.2 Å². The van der Waals surface area contributed by atoms with Crippen molar-refractivity contribution in [2.24, 2.45) is 0 Å². The molecule has 2 aliphatic heterocycles. The highest BCUT2D eigenvalue weighted by Gasteiger charge is 2.51. The topological polar surface area (TPSA) is 247 Å². The zero-order valence-corrected chi connectivity index (χ0v) is 37.4. The minimum atomic E-state index is -0.945. The highest BCUT2D eigenvalue weighted by atomic mass is 16.7. The molecule has 0 aromatic heterocycles. The monoisotopic (exact) mass is 966 g/mol. The van der Waals surface area contributed by atoms with E-state index in [4.69, 9.17) is 56.8 Å². The number of esters is 6. The van der Waals surface area contributed by atoms with Gasteiger partial charge < -0.3 is 56.8 Å². The van der Waals surface area contributed by atoms with E-state index in [-0.39, 0.29) is 84.9 Å². The molecule has 4 aromatic carbocycles. The Morgan fingerprint density at radius 1 is 0.414 bits per heavy atom. The second kappa shape index (κ2) is 25.7. The van der Waals surface area contributed by atoms with Gasteiger partial charge in [-0.3, -0.25) is 0 Å². The first-order chi connectivity index (χ1) is 33.9. The van der Waals surface area contributed by atoms with Crippen molar-refractivity contribution in [3.8, 4) is 23.0 Å². The first-order valence-corrected chi connectivity index (χ1v) is 21.7. The predicted molar refractivity (Wildman–Crippen MR) is 238 cm³/mol. The molecular formula is C50H46O20. The second-order valence-corrected chi connectivity index (χ2v) is 14.9. The van der Waals surface area contributed by atoms with Crippen LogP contribution >= 0.6 is 0 Å². The van der Waals surface area contributed by atoms with Gasteiger partial charge in [-0.25, -0.2) is 38.4 Å². The summed E-state index contributed by atoms with van der Waals surface area (Å²) in [7, 11) is 0. The van der Waals surface area contributed by atoms with Crippen LogP contribution in [0.4, 0.5) is 9.59 Å². The van der Waals surface area contributed by atoms with Crippen LogP contribution in [0, 0.1) is 0 Å². The third kappa shape index (κ3) is 15.3. The van der Waals surface area contributed by atoms with Crippen molar-refractivity contribution in [3.63, 3.8) is 0 Å². The van der Waals surface area contributed by atoms with Crippen molar-refractivity contribution < 1.29 is 95.2 Å². The van der Waals surface area contributed by atoms with Crippen molar-refractivity contribution in [1.29, 1.82) is 0 Å². The summed E-state index contributed by atoms with van der Waals surface area (Å²) in [6, 6.07) is 22.4. The summed E-state index contributed by atoms with van der Waals surface area (Å²) in [5.74, 6) is -3.35. The van der Waals surface area contributed by atoms with Gasteiger partial charge in [0.2, 0.25) is 0 Å². The number of ether oxygens (including phenoxy) is 12. The smallest absolute Gasteiger partial charge is 0.463 e. The Hall–Kier alpha value is -8.36. The molecule has 0 amide bonds. The fraction of sp³-hybridized carbons (Fsp3) is 0.280. The lowest BCUT2D eigenvalue weighted by atomic mass is 10.1. The van der Waals surface area contributed by atoms with E-state index < -0.39 is 72.5 Å². The van der Waals surface area contributed by atoms with Crippen molar-refractivity contribution in [1.82, 2.24) is 0 Å². The summed E-state index contributed by atoms with van der Waals surface area (Å²) in [6.07, 6.45) is -0.999. The molecule has 70 heavy (non-hydrogen) atoms. The molecule has 0 bridgehead atoms. The molecule has 0 radical (unpaired) electrons. The average molecular weight is 967 g/mol. The molecule has 366 valence electrons. The van der Waals surface area contributed by atoms with E-state index in [9.17, 15) is 38.4 Å². The molecule has 2 aliphatic rings. The Bertz CT molecular complexity index is 2320. The van der Waals surface area contributed by atoms with E-state index in [0.717, 1.165) is 12.2 Å². The number of unbranched alkanes of at least 4 members (excludes halogenated alkanes) is 2. The third-order valence-electron chi connectivity index (χ3n) is 10.0. The van der Waals surface area contributed by atoms with Crippen LogP contribution < -0.4 is 18.9 Å². The molecular weight excluding hydrogens is 921 g/mol. The molecule has 0 unspecified atom stereocenters. The van der Waals surface area contributed by atoms with Gasteiger partial charge in [-0.2, -0.15) is 0 Å². The molecule has 4 aromatic rings. The van der Waals surface area contributed by atoms with Gasteiger partial charge in [0.25, 0.3) is 0 Å². The fourth-order valence-corrected chi connectivity index (χ4v) is 6.44. The summed E-state index contributed by atoms with van der Waals surface area (Å²) in [4.78, 5) is 97.6. The normalized spacial score (nSPS) is 16.5. The molecule has 20 nitrogen and oxygen atoms in total. The fourth-order valence-electron chi connectivity index (χ4n) is 6.44. The minimum Gasteiger partial charge on any atom is -0.463 e. The summed E-state index contributed by atoms with van der Waals surface area (Å²) in [5, 5.41) is 0. The number of carbonyl (C=O) groups is 8. The van der Waals surface area contributed by atoms with E-state index >= 15 is 0 Å². The van der Waals surface area contributed by atoms with Crippen LogP contribution in [0.2, 0.25) is 0 Å².